The van der Waals surface area contributed by atoms with Crippen LogP contribution in [0.4, 0.5) is 0 Å². The molecule has 0 unspecified atom stereocenters. The molecule has 0 radical (unpaired) electrons. The van der Waals surface area contributed by atoms with E-state index in [1.54, 1.807) is 4.90 Å². The number of nitrogens with zero attached hydrogens (tertiary/aromatic N) is 1. The number of phenols is 2. The van der Waals surface area contributed by atoms with Crippen molar-refractivity contribution in [3.8, 4) is 11.5 Å². The SMILES string of the molecule is CCCN(C(=O)c1cc(O)ccc1O)C1CC1. The smallest absolute Gasteiger partial charge is 0.257 e. The lowest BCUT2D eigenvalue weighted by molar-refractivity contribution is 0.0739. The summed E-state index contributed by atoms with van der Waals surface area (Å²) < 4.78 is 0. The maximum absolute atomic E-state index is 12.2. The second kappa shape index (κ2) is 4.65. The van der Waals surface area contributed by atoms with Gasteiger partial charge in [0, 0.05) is 12.6 Å². The molecule has 2 N–H and O–H groups in total. The molecule has 1 aliphatic rings. The van der Waals surface area contributed by atoms with Crippen molar-refractivity contribution >= 4 is 5.91 Å². The Bertz CT molecular complexity index is 427. The molecule has 0 bridgehead atoms. The fourth-order valence-corrected chi connectivity index (χ4v) is 1.93. The third-order valence-electron chi connectivity index (χ3n) is 2.92. The standard InChI is InChI=1S/C13H17NO3/c1-2-7-14(9-3-4-9)13(17)11-8-10(15)5-6-12(11)16/h5-6,8-9,15-16H,2-4,7H2,1H3. The number of aromatic hydroxyl groups is 2. The third kappa shape index (κ3) is 2.52. The number of phenolic OH excluding ortho intramolecular Hbond substituents is 2. The average Bonchev–Trinajstić information content (AvgIpc) is 3.12. The van der Waals surface area contributed by atoms with Crippen molar-refractivity contribution in [1.82, 2.24) is 4.90 Å². The summed E-state index contributed by atoms with van der Waals surface area (Å²) in [5, 5.41) is 19.0. The maximum atomic E-state index is 12.2. The van der Waals surface area contributed by atoms with Crippen LogP contribution in [0.15, 0.2) is 18.2 Å². The van der Waals surface area contributed by atoms with E-state index in [1.807, 2.05) is 6.92 Å². The minimum Gasteiger partial charge on any atom is -0.508 e. The van der Waals surface area contributed by atoms with Crippen molar-refractivity contribution < 1.29 is 15.0 Å². The largest absolute Gasteiger partial charge is 0.508 e. The van der Waals surface area contributed by atoms with Crippen LogP contribution in [0.2, 0.25) is 0 Å². The highest BCUT2D eigenvalue weighted by atomic mass is 16.3. The van der Waals surface area contributed by atoms with Gasteiger partial charge in [-0.05, 0) is 37.5 Å². The normalized spacial score (nSPS) is 14.6. The van der Waals surface area contributed by atoms with Crippen LogP contribution in [-0.2, 0) is 0 Å². The Morgan fingerprint density at radius 3 is 2.71 bits per heavy atom. The van der Waals surface area contributed by atoms with Crippen LogP contribution in [0, 0.1) is 0 Å². The Morgan fingerprint density at radius 2 is 2.12 bits per heavy atom. The van der Waals surface area contributed by atoms with E-state index < -0.39 is 0 Å². The van der Waals surface area contributed by atoms with E-state index in [2.05, 4.69) is 0 Å². The van der Waals surface area contributed by atoms with Gasteiger partial charge in [0.05, 0.1) is 5.56 Å². The third-order valence-corrected chi connectivity index (χ3v) is 2.92. The lowest BCUT2D eigenvalue weighted by Gasteiger charge is -2.22. The lowest BCUT2D eigenvalue weighted by Crippen LogP contribution is -2.33. The zero-order chi connectivity index (χ0) is 12.4. The molecule has 0 heterocycles. The van der Waals surface area contributed by atoms with Crippen molar-refractivity contribution in [3.05, 3.63) is 23.8 Å². The summed E-state index contributed by atoms with van der Waals surface area (Å²) in [5.74, 6) is -0.268. The molecular weight excluding hydrogens is 218 g/mol. The molecule has 1 amide bonds. The average molecular weight is 235 g/mol. The Hall–Kier alpha value is -1.71. The van der Waals surface area contributed by atoms with Gasteiger partial charge in [-0.3, -0.25) is 4.79 Å². The van der Waals surface area contributed by atoms with Gasteiger partial charge in [0.2, 0.25) is 0 Å². The first-order valence-electron chi connectivity index (χ1n) is 5.96. The molecule has 4 nitrogen and oxygen atoms in total. The molecule has 1 fully saturated rings. The molecule has 17 heavy (non-hydrogen) atoms. The lowest BCUT2D eigenvalue weighted by atomic mass is 10.1. The number of carbonyl (C=O) groups excluding carboxylic acids is 1. The highest BCUT2D eigenvalue weighted by Gasteiger charge is 2.33. The summed E-state index contributed by atoms with van der Waals surface area (Å²) in [6.07, 6.45) is 2.96. The van der Waals surface area contributed by atoms with Crippen LogP contribution in [0.3, 0.4) is 0 Å². The monoisotopic (exact) mass is 235 g/mol. The second-order valence-electron chi connectivity index (χ2n) is 4.43. The van der Waals surface area contributed by atoms with E-state index in [1.165, 1.54) is 18.2 Å². The van der Waals surface area contributed by atoms with E-state index in [0.717, 1.165) is 19.3 Å². The summed E-state index contributed by atoms with van der Waals surface area (Å²) in [5.41, 5.74) is 0.186. The Labute approximate surface area is 100 Å². The molecule has 0 aliphatic heterocycles. The Balaban J connectivity index is 2.24. The zero-order valence-electron chi connectivity index (χ0n) is 9.89. The first-order chi connectivity index (χ1) is 8.13. The van der Waals surface area contributed by atoms with E-state index >= 15 is 0 Å². The molecule has 92 valence electrons. The van der Waals surface area contributed by atoms with E-state index in [9.17, 15) is 15.0 Å². The number of benzene rings is 1. The number of hydrogen-bond donors (Lipinski definition) is 2. The van der Waals surface area contributed by atoms with Gasteiger partial charge >= 0.3 is 0 Å². The van der Waals surface area contributed by atoms with E-state index in [0.29, 0.717) is 12.6 Å². The molecular formula is C13H17NO3. The molecule has 0 spiro atoms. The van der Waals surface area contributed by atoms with E-state index in [4.69, 9.17) is 0 Å². The van der Waals surface area contributed by atoms with Gasteiger partial charge in [-0.2, -0.15) is 0 Å². The molecule has 0 aromatic heterocycles. The molecule has 4 heteroatoms. The number of carbonyl (C=O) groups is 1. The van der Waals surface area contributed by atoms with Gasteiger partial charge < -0.3 is 15.1 Å². The number of hydrogen-bond acceptors (Lipinski definition) is 3. The van der Waals surface area contributed by atoms with Gasteiger partial charge in [-0.25, -0.2) is 0 Å². The van der Waals surface area contributed by atoms with Crippen molar-refractivity contribution in [2.75, 3.05) is 6.54 Å². The number of amides is 1. The molecule has 2 rings (SSSR count). The summed E-state index contributed by atoms with van der Waals surface area (Å²) in [4.78, 5) is 14.0. The van der Waals surface area contributed by atoms with Gasteiger partial charge in [0.25, 0.3) is 5.91 Å². The van der Waals surface area contributed by atoms with Gasteiger partial charge in [-0.1, -0.05) is 6.92 Å². The highest BCUT2D eigenvalue weighted by Crippen LogP contribution is 2.31. The van der Waals surface area contributed by atoms with Crippen molar-refractivity contribution in [2.24, 2.45) is 0 Å². The summed E-state index contributed by atoms with van der Waals surface area (Å²) in [7, 11) is 0. The van der Waals surface area contributed by atoms with Gasteiger partial charge in [0.15, 0.2) is 0 Å². The van der Waals surface area contributed by atoms with Crippen LogP contribution in [0.25, 0.3) is 0 Å². The van der Waals surface area contributed by atoms with Crippen LogP contribution in [-0.4, -0.2) is 33.6 Å². The summed E-state index contributed by atoms with van der Waals surface area (Å²) in [6.45, 7) is 2.71. The molecule has 1 aliphatic carbocycles. The second-order valence-corrected chi connectivity index (χ2v) is 4.43. The molecule has 1 aromatic rings. The van der Waals surface area contributed by atoms with Crippen LogP contribution < -0.4 is 0 Å². The van der Waals surface area contributed by atoms with Crippen molar-refractivity contribution in [3.63, 3.8) is 0 Å². The first kappa shape index (κ1) is 11.8. The van der Waals surface area contributed by atoms with Crippen LogP contribution in [0.1, 0.15) is 36.5 Å². The fraction of sp³-hybridized carbons (Fsp3) is 0.462. The Kier molecular flexibility index (Phi) is 3.22. The molecule has 0 atom stereocenters. The molecule has 0 saturated heterocycles. The van der Waals surface area contributed by atoms with Crippen LogP contribution in [0.5, 0.6) is 11.5 Å². The molecule has 1 saturated carbocycles. The summed E-state index contributed by atoms with van der Waals surface area (Å²) >= 11 is 0. The predicted molar refractivity (Wildman–Crippen MR) is 64.1 cm³/mol. The fourth-order valence-electron chi connectivity index (χ4n) is 1.93. The quantitative estimate of drug-likeness (QED) is 0.786. The maximum Gasteiger partial charge on any atom is 0.257 e. The first-order valence-corrected chi connectivity index (χ1v) is 5.96. The summed E-state index contributed by atoms with van der Waals surface area (Å²) in [6, 6.07) is 4.35. The van der Waals surface area contributed by atoms with E-state index in [-0.39, 0.29) is 23.0 Å². The van der Waals surface area contributed by atoms with Crippen molar-refractivity contribution in [2.45, 2.75) is 32.2 Å². The Morgan fingerprint density at radius 1 is 1.41 bits per heavy atom. The topological polar surface area (TPSA) is 60.8 Å². The highest BCUT2D eigenvalue weighted by molar-refractivity contribution is 5.97. The van der Waals surface area contributed by atoms with Crippen LogP contribution >= 0.6 is 0 Å². The minimum absolute atomic E-state index is 0.00149. The van der Waals surface area contributed by atoms with Gasteiger partial charge in [-0.15, -0.1) is 0 Å². The predicted octanol–water partition coefficient (Wildman–Crippen LogP) is 2.11. The number of rotatable bonds is 4. The van der Waals surface area contributed by atoms with Crippen molar-refractivity contribution in [1.29, 1.82) is 0 Å². The zero-order valence-corrected chi connectivity index (χ0v) is 9.89. The molecule has 1 aromatic carbocycles. The minimum atomic E-state index is -0.192. The van der Waals surface area contributed by atoms with Gasteiger partial charge in [0.1, 0.15) is 11.5 Å².